The van der Waals surface area contributed by atoms with Crippen LogP contribution >= 0.6 is 0 Å². The van der Waals surface area contributed by atoms with Crippen LogP contribution in [-0.4, -0.2) is 57.2 Å². The van der Waals surface area contributed by atoms with Crippen LogP contribution in [0.2, 0.25) is 0 Å². The Morgan fingerprint density at radius 1 is 1.14 bits per heavy atom. The molecule has 0 aromatic heterocycles. The number of amides is 1. The molecule has 29 heavy (non-hydrogen) atoms. The molecule has 9 heteroatoms. The van der Waals surface area contributed by atoms with Gasteiger partial charge in [-0.25, -0.2) is 13.2 Å². The van der Waals surface area contributed by atoms with Gasteiger partial charge < -0.3 is 19.5 Å². The minimum absolute atomic E-state index is 0.0547. The summed E-state index contributed by atoms with van der Waals surface area (Å²) in [5.74, 6) is -0.232. The average Bonchev–Trinajstić information content (AvgIpc) is 3.02. The maximum atomic E-state index is 12.5. The first kappa shape index (κ1) is 23.0. The summed E-state index contributed by atoms with van der Waals surface area (Å²) >= 11 is 0. The van der Waals surface area contributed by atoms with Crippen LogP contribution in [0.15, 0.2) is 18.2 Å². The zero-order valence-electron chi connectivity index (χ0n) is 17.1. The Morgan fingerprint density at radius 2 is 1.79 bits per heavy atom. The molecular weight excluding hydrogens is 398 g/mol. The van der Waals surface area contributed by atoms with Gasteiger partial charge in [-0.05, 0) is 44.4 Å². The summed E-state index contributed by atoms with van der Waals surface area (Å²) < 4.78 is 39.5. The number of benzene rings is 1. The Morgan fingerprint density at radius 3 is 2.38 bits per heavy atom. The quantitative estimate of drug-likeness (QED) is 0.570. The van der Waals surface area contributed by atoms with Gasteiger partial charge in [0.2, 0.25) is 0 Å². The molecule has 1 saturated heterocycles. The second-order valence-electron chi connectivity index (χ2n) is 7.01. The van der Waals surface area contributed by atoms with E-state index in [1.165, 1.54) is 13.0 Å². The van der Waals surface area contributed by atoms with E-state index in [-0.39, 0.29) is 17.1 Å². The molecule has 1 N–H and O–H groups in total. The number of esters is 1. The molecule has 0 bridgehead atoms. The molecule has 1 amide bonds. The van der Waals surface area contributed by atoms with Crippen molar-refractivity contribution in [2.45, 2.75) is 52.2 Å². The van der Waals surface area contributed by atoms with Gasteiger partial charge in [-0.3, -0.25) is 4.79 Å². The number of hydrogen-bond donors (Lipinski definition) is 1. The molecular formula is C20H29NO7S. The predicted molar refractivity (Wildman–Crippen MR) is 108 cm³/mol. The maximum absolute atomic E-state index is 12.5. The van der Waals surface area contributed by atoms with Crippen LogP contribution in [0.1, 0.15) is 50.4 Å². The molecule has 0 saturated carbocycles. The van der Waals surface area contributed by atoms with E-state index in [4.69, 9.17) is 14.2 Å². The summed E-state index contributed by atoms with van der Waals surface area (Å²) in [6.45, 7) is 6.42. The highest BCUT2D eigenvalue weighted by atomic mass is 32.2. The average molecular weight is 428 g/mol. The standard InChI is InChI=1S/C20H29NO7S/c1-4-9-26-17-7-6-15(12-18(17)27-10-5-2)20(23)28-14(3)19(22)21-16-8-11-29(24,25)13-16/h6-7,12,14,16H,4-5,8-11,13H2,1-3H3,(H,21,22)/t14-,16-/m1/s1. The summed E-state index contributed by atoms with van der Waals surface area (Å²) in [5, 5.41) is 2.62. The van der Waals surface area contributed by atoms with E-state index in [2.05, 4.69) is 5.32 Å². The molecule has 1 aromatic carbocycles. The first-order chi connectivity index (χ1) is 13.8. The predicted octanol–water partition coefficient (Wildman–Crippen LogP) is 2.11. The minimum atomic E-state index is -3.10. The third-order valence-corrected chi connectivity index (χ3v) is 6.10. The van der Waals surface area contributed by atoms with Gasteiger partial charge >= 0.3 is 5.97 Å². The number of hydrogen-bond acceptors (Lipinski definition) is 7. The van der Waals surface area contributed by atoms with Gasteiger partial charge in [0.25, 0.3) is 5.91 Å². The zero-order valence-corrected chi connectivity index (χ0v) is 17.9. The molecule has 162 valence electrons. The summed E-state index contributed by atoms with van der Waals surface area (Å²) in [4.78, 5) is 24.7. The fraction of sp³-hybridized carbons (Fsp3) is 0.600. The highest BCUT2D eigenvalue weighted by Crippen LogP contribution is 2.29. The summed E-state index contributed by atoms with van der Waals surface area (Å²) in [5.41, 5.74) is 0.239. The SMILES string of the molecule is CCCOc1ccc(C(=O)O[C@H](C)C(=O)N[C@@H]2CCS(=O)(=O)C2)cc1OCCC. The number of carbonyl (C=O) groups excluding carboxylic acids is 2. The van der Waals surface area contributed by atoms with Gasteiger partial charge in [-0.2, -0.15) is 0 Å². The Kier molecular flexibility index (Phi) is 8.31. The fourth-order valence-corrected chi connectivity index (χ4v) is 4.47. The lowest BCUT2D eigenvalue weighted by Gasteiger charge is -2.17. The van der Waals surface area contributed by atoms with E-state index in [1.807, 2.05) is 13.8 Å². The molecule has 1 fully saturated rings. The number of nitrogens with one attached hydrogen (secondary N) is 1. The highest BCUT2D eigenvalue weighted by Gasteiger charge is 2.31. The van der Waals surface area contributed by atoms with Crippen LogP contribution in [0.3, 0.4) is 0 Å². The summed E-state index contributed by atoms with van der Waals surface area (Å²) in [6.07, 6.45) is 0.954. The van der Waals surface area contributed by atoms with Crippen LogP contribution in [0.5, 0.6) is 11.5 Å². The van der Waals surface area contributed by atoms with E-state index >= 15 is 0 Å². The number of ether oxygens (including phenoxy) is 3. The Balaban J connectivity index is 2.00. The van der Waals surface area contributed by atoms with Gasteiger partial charge in [-0.1, -0.05) is 13.8 Å². The van der Waals surface area contributed by atoms with Crippen molar-refractivity contribution in [3.63, 3.8) is 0 Å². The third-order valence-electron chi connectivity index (χ3n) is 4.33. The van der Waals surface area contributed by atoms with Crippen LogP contribution in [0.4, 0.5) is 0 Å². The fourth-order valence-electron chi connectivity index (χ4n) is 2.80. The number of carbonyl (C=O) groups is 2. The van der Waals surface area contributed by atoms with E-state index in [9.17, 15) is 18.0 Å². The normalized spacial score (nSPS) is 18.7. The maximum Gasteiger partial charge on any atom is 0.339 e. The zero-order chi connectivity index (χ0) is 21.4. The van der Waals surface area contributed by atoms with Gasteiger partial charge in [0.05, 0.1) is 30.3 Å². The van der Waals surface area contributed by atoms with Crippen molar-refractivity contribution in [1.29, 1.82) is 0 Å². The summed E-state index contributed by atoms with van der Waals surface area (Å²) in [7, 11) is -3.10. The second-order valence-corrected chi connectivity index (χ2v) is 9.24. The van der Waals surface area contributed by atoms with Crippen molar-refractivity contribution in [3.05, 3.63) is 23.8 Å². The highest BCUT2D eigenvalue weighted by molar-refractivity contribution is 7.91. The second kappa shape index (κ2) is 10.5. The molecule has 0 spiro atoms. The van der Waals surface area contributed by atoms with E-state index in [0.29, 0.717) is 31.1 Å². The lowest BCUT2D eigenvalue weighted by Crippen LogP contribution is -2.42. The monoisotopic (exact) mass is 427 g/mol. The van der Waals surface area contributed by atoms with E-state index < -0.39 is 33.9 Å². The van der Waals surface area contributed by atoms with Crippen molar-refractivity contribution < 1.29 is 32.2 Å². The van der Waals surface area contributed by atoms with E-state index in [0.717, 1.165) is 12.8 Å². The molecule has 1 aromatic rings. The van der Waals surface area contributed by atoms with Crippen molar-refractivity contribution in [3.8, 4) is 11.5 Å². The molecule has 1 heterocycles. The Bertz CT molecular complexity index is 822. The van der Waals surface area contributed by atoms with Crippen LogP contribution in [0.25, 0.3) is 0 Å². The largest absolute Gasteiger partial charge is 0.490 e. The Hall–Kier alpha value is -2.29. The molecule has 0 aliphatic carbocycles. The first-order valence-corrected chi connectivity index (χ1v) is 11.7. The van der Waals surface area contributed by atoms with Gasteiger partial charge in [0.15, 0.2) is 27.4 Å². The van der Waals surface area contributed by atoms with Gasteiger partial charge in [0, 0.05) is 6.04 Å². The Labute approximate surface area is 171 Å². The topological polar surface area (TPSA) is 108 Å². The number of sulfone groups is 1. The van der Waals surface area contributed by atoms with Crippen molar-refractivity contribution in [1.82, 2.24) is 5.32 Å². The molecule has 1 aliphatic rings. The molecule has 1 aliphatic heterocycles. The van der Waals surface area contributed by atoms with Crippen LogP contribution in [-0.2, 0) is 19.4 Å². The smallest absolute Gasteiger partial charge is 0.339 e. The number of rotatable bonds is 10. The van der Waals surface area contributed by atoms with Crippen LogP contribution in [0, 0.1) is 0 Å². The van der Waals surface area contributed by atoms with Crippen molar-refractivity contribution in [2.75, 3.05) is 24.7 Å². The third kappa shape index (κ3) is 6.92. The van der Waals surface area contributed by atoms with Gasteiger partial charge in [0.1, 0.15) is 0 Å². The van der Waals surface area contributed by atoms with Gasteiger partial charge in [-0.15, -0.1) is 0 Å². The first-order valence-electron chi connectivity index (χ1n) is 9.87. The van der Waals surface area contributed by atoms with Crippen LogP contribution < -0.4 is 14.8 Å². The molecule has 8 nitrogen and oxygen atoms in total. The molecule has 0 radical (unpaired) electrons. The molecule has 2 atom stereocenters. The summed E-state index contributed by atoms with van der Waals surface area (Å²) in [6, 6.07) is 4.29. The lowest BCUT2D eigenvalue weighted by atomic mass is 10.2. The molecule has 0 unspecified atom stereocenters. The van der Waals surface area contributed by atoms with E-state index in [1.54, 1.807) is 12.1 Å². The van der Waals surface area contributed by atoms with Crippen molar-refractivity contribution in [2.24, 2.45) is 0 Å². The lowest BCUT2D eigenvalue weighted by molar-refractivity contribution is -0.129. The minimum Gasteiger partial charge on any atom is -0.490 e. The molecule has 2 rings (SSSR count). The van der Waals surface area contributed by atoms with Crippen molar-refractivity contribution >= 4 is 21.7 Å².